The zero-order valence-electron chi connectivity index (χ0n) is 8.37. The smallest absolute Gasteiger partial charge is 0.0973 e. The van der Waals surface area contributed by atoms with Crippen LogP contribution in [0.4, 0.5) is 0 Å². The van der Waals surface area contributed by atoms with Crippen LogP contribution in [0.1, 0.15) is 11.1 Å². The number of halogens is 2. The predicted octanol–water partition coefficient (Wildman–Crippen LogP) is 4.11. The number of hydrogen-bond donors (Lipinski definition) is 0. The minimum absolute atomic E-state index is 0. The first-order valence-corrected chi connectivity index (χ1v) is 5.98. The number of aliphatic imine (C=N–C) groups is 1. The van der Waals surface area contributed by atoms with E-state index in [0.29, 0.717) is 0 Å². The van der Waals surface area contributed by atoms with Gasteiger partial charge < -0.3 is 0 Å². The fourth-order valence-corrected chi connectivity index (χ4v) is 2.30. The van der Waals surface area contributed by atoms with Gasteiger partial charge in [0.15, 0.2) is 0 Å². The zero-order valence-corrected chi connectivity index (χ0v) is 13.1. The molecule has 0 saturated heterocycles. The summed E-state index contributed by atoms with van der Waals surface area (Å²) in [6, 6.07) is 6.25. The lowest BCUT2D eigenvalue weighted by atomic mass is 10.1. The van der Waals surface area contributed by atoms with Gasteiger partial charge in [-0.25, -0.2) is 0 Å². The molecule has 0 aromatic heterocycles. The molecule has 0 aliphatic carbocycles. The molecule has 1 aromatic rings. The molecule has 0 aliphatic heterocycles. The standard InChI is InChI=1S/C10H12BrNS.HI/c1-7-6-8(11)4-5-9(7)10(12-2)13-3;/h4-6H,1-3H3;1H. The highest BCUT2D eigenvalue weighted by molar-refractivity contribution is 14.0. The Morgan fingerprint density at radius 2 is 2.07 bits per heavy atom. The minimum Gasteiger partial charge on any atom is -0.281 e. The zero-order chi connectivity index (χ0) is 9.84. The van der Waals surface area contributed by atoms with Gasteiger partial charge in [0.05, 0.1) is 5.04 Å². The van der Waals surface area contributed by atoms with Crippen LogP contribution in [0.3, 0.4) is 0 Å². The minimum atomic E-state index is 0. The third-order valence-corrected chi connectivity index (χ3v) is 3.10. The lowest BCUT2D eigenvalue weighted by Crippen LogP contribution is -1.97. The first kappa shape index (κ1) is 14.5. The maximum Gasteiger partial charge on any atom is 0.0973 e. The Kier molecular flexibility index (Phi) is 7.07. The Bertz CT molecular complexity index is 339. The van der Waals surface area contributed by atoms with Gasteiger partial charge in [-0.15, -0.1) is 35.7 Å². The van der Waals surface area contributed by atoms with E-state index >= 15 is 0 Å². The van der Waals surface area contributed by atoms with E-state index in [1.807, 2.05) is 19.4 Å². The number of aryl methyl sites for hydroxylation is 1. The van der Waals surface area contributed by atoms with Gasteiger partial charge >= 0.3 is 0 Å². The monoisotopic (exact) mass is 385 g/mol. The van der Waals surface area contributed by atoms with Gasteiger partial charge in [0, 0.05) is 17.1 Å². The Balaban J connectivity index is 0.00000169. The second-order valence-electron chi connectivity index (χ2n) is 2.69. The van der Waals surface area contributed by atoms with Crippen molar-refractivity contribution < 1.29 is 0 Å². The average molecular weight is 386 g/mol. The van der Waals surface area contributed by atoms with Gasteiger partial charge in [-0.3, -0.25) is 4.99 Å². The van der Waals surface area contributed by atoms with E-state index in [1.165, 1.54) is 11.1 Å². The van der Waals surface area contributed by atoms with Crippen molar-refractivity contribution >= 4 is 56.7 Å². The van der Waals surface area contributed by atoms with Crippen molar-refractivity contribution in [2.45, 2.75) is 6.92 Å². The Hall–Kier alpha value is 0.450. The van der Waals surface area contributed by atoms with Gasteiger partial charge in [-0.1, -0.05) is 22.0 Å². The summed E-state index contributed by atoms with van der Waals surface area (Å²) >= 11 is 5.12. The molecule has 0 heterocycles. The van der Waals surface area contributed by atoms with Crippen molar-refractivity contribution in [1.82, 2.24) is 0 Å². The van der Waals surface area contributed by atoms with E-state index in [9.17, 15) is 0 Å². The van der Waals surface area contributed by atoms with Crippen molar-refractivity contribution in [3.8, 4) is 0 Å². The van der Waals surface area contributed by atoms with Crippen LogP contribution >= 0.6 is 51.7 Å². The van der Waals surface area contributed by atoms with E-state index < -0.39 is 0 Å². The molecule has 14 heavy (non-hydrogen) atoms. The molecular weight excluding hydrogens is 373 g/mol. The fraction of sp³-hybridized carbons (Fsp3) is 0.300. The molecule has 0 saturated carbocycles. The normalized spacial score (nSPS) is 11.0. The summed E-state index contributed by atoms with van der Waals surface area (Å²) in [4.78, 5) is 4.23. The van der Waals surface area contributed by atoms with Gasteiger partial charge in [-0.05, 0) is 30.9 Å². The van der Waals surface area contributed by atoms with Gasteiger partial charge in [0.2, 0.25) is 0 Å². The van der Waals surface area contributed by atoms with Gasteiger partial charge in [0.25, 0.3) is 0 Å². The number of rotatable bonds is 1. The van der Waals surface area contributed by atoms with Crippen LogP contribution in [0.5, 0.6) is 0 Å². The third kappa shape index (κ3) is 3.55. The molecule has 0 bridgehead atoms. The molecule has 1 aromatic carbocycles. The van der Waals surface area contributed by atoms with Crippen LogP contribution in [-0.4, -0.2) is 18.3 Å². The molecule has 0 amide bonds. The Morgan fingerprint density at radius 1 is 1.43 bits per heavy atom. The van der Waals surface area contributed by atoms with Crippen LogP contribution in [0.15, 0.2) is 27.7 Å². The second kappa shape index (κ2) is 6.85. The number of hydrogen-bond acceptors (Lipinski definition) is 2. The van der Waals surface area contributed by atoms with Crippen LogP contribution in [0, 0.1) is 6.92 Å². The molecule has 0 fully saturated rings. The van der Waals surface area contributed by atoms with E-state index in [2.05, 4.69) is 40.0 Å². The molecule has 0 N–H and O–H groups in total. The summed E-state index contributed by atoms with van der Waals surface area (Å²) in [7, 11) is 1.83. The molecule has 0 unspecified atom stereocenters. The number of thioether (sulfide) groups is 1. The molecular formula is C10H13BrINS. The van der Waals surface area contributed by atoms with Crippen molar-refractivity contribution in [2.24, 2.45) is 4.99 Å². The lowest BCUT2D eigenvalue weighted by Gasteiger charge is -2.06. The first-order valence-electron chi connectivity index (χ1n) is 3.96. The maximum absolute atomic E-state index is 4.23. The molecule has 0 aliphatic rings. The Morgan fingerprint density at radius 3 is 2.50 bits per heavy atom. The molecule has 78 valence electrons. The molecule has 4 heteroatoms. The van der Waals surface area contributed by atoms with Crippen molar-refractivity contribution in [1.29, 1.82) is 0 Å². The topological polar surface area (TPSA) is 12.4 Å². The third-order valence-electron chi connectivity index (χ3n) is 1.82. The summed E-state index contributed by atoms with van der Waals surface area (Å²) in [6.07, 6.45) is 2.05. The molecule has 1 rings (SSSR count). The SMILES string of the molecule is CN=C(SC)c1ccc(Br)cc1C.I. The summed E-state index contributed by atoms with van der Waals surface area (Å²) in [6.45, 7) is 2.10. The van der Waals surface area contributed by atoms with E-state index in [0.717, 1.165) is 9.52 Å². The van der Waals surface area contributed by atoms with Crippen LogP contribution in [-0.2, 0) is 0 Å². The second-order valence-corrected chi connectivity index (χ2v) is 4.40. The van der Waals surface area contributed by atoms with E-state index in [4.69, 9.17) is 0 Å². The molecule has 0 spiro atoms. The lowest BCUT2D eigenvalue weighted by molar-refractivity contribution is 1.40. The summed E-state index contributed by atoms with van der Waals surface area (Å²) in [5, 5.41) is 1.09. The fourth-order valence-electron chi connectivity index (χ4n) is 1.19. The first-order chi connectivity index (χ1) is 6.19. The van der Waals surface area contributed by atoms with Crippen LogP contribution in [0.2, 0.25) is 0 Å². The highest BCUT2D eigenvalue weighted by Crippen LogP contribution is 2.19. The molecule has 1 nitrogen and oxygen atoms in total. The summed E-state index contributed by atoms with van der Waals surface area (Å²) < 4.78 is 1.12. The Labute approximate surface area is 115 Å². The van der Waals surface area contributed by atoms with E-state index in [-0.39, 0.29) is 24.0 Å². The van der Waals surface area contributed by atoms with Crippen molar-refractivity contribution in [3.63, 3.8) is 0 Å². The van der Waals surface area contributed by atoms with Gasteiger partial charge in [0.1, 0.15) is 0 Å². The molecule has 0 atom stereocenters. The summed E-state index contributed by atoms with van der Waals surface area (Å²) in [5.41, 5.74) is 2.47. The highest BCUT2D eigenvalue weighted by Gasteiger charge is 2.04. The average Bonchev–Trinajstić information content (AvgIpc) is 2.10. The quantitative estimate of drug-likeness (QED) is 0.402. The highest BCUT2D eigenvalue weighted by atomic mass is 127. The predicted molar refractivity (Wildman–Crippen MR) is 80.3 cm³/mol. The van der Waals surface area contributed by atoms with Gasteiger partial charge in [-0.2, -0.15) is 0 Å². The summed E-state index contributed by atoms with van der Waals surface area (Å²) in [5.74, 6) is 0. The van der Waals surface area contributed by atoms with Crippen LogP contribution < -0.4 is 0 Å². The van der Waals surface area contributed by atoms with Crippen molar-refractivity contribution in [2.75, 3.05) is 13.3 Å². The molecule has 0 radical (unpaired) electrons. The number of benzene rings is 1. The maximum atomic E-state index is 4.23. The van der Waals surface area contributed by atoms with Crippen LogP contribution in [0.25, 0.3) is 0 Å². The van der Waals surface area contributed by atoms with E-state index in [1.54, 1.807) is 11.8 Å². The largest absolute Gasteiger partial charge is 0.281 e. The number of nitrogens with zero attached hydrogens (tertiary/aromatic N) is 1. The van der Waals surface area contributed by atoms with Crippen molar-refractivity contribution in [3.05, 3.63) is 33.8 Å².